The fourth-order valence-corrected chi connectivity index (χ4v) is 5.09. The van der Waals surface area contributed by atoms with E-state index >= 15 is 0 Å². The average Bonchev–Trinajstić information content (AvgIpc) is 3.40. The van der Waals surface area contributed by atoms with Crippen molar-refractivity contribution in [1.29, 1.82) is 0 Å². The first kappa shape index (κ1) is 29.9. The number of likely N-dealkylation sites (tertiary alicyclic amines) is 1. The van der Waals surface area contributed by atoms with E-state index < -0.39 is 53.6 Å². The molecule has 2 aromatic carbocycles. The van der Waals surface area contributed by atoms with Crippen LogP contribution in [-0.2, 0) is 34.9 Å². The largest absolute Gasteiger partial charge is 0.416 e. The number of carbonyl (C=O) groups is 2. The van der Waals surface area contributed by atoms with Gasteiger partial charge in [-0.15, -0.1) is 10.2 Å². The summed E-state index contributed by atoms with van der Waals surface area (Å²) in [6.07, 6.45) is -10.0. The zero-order valence-corrected chi connectivity index (χ0v) is 21.9. The van der Waals surface area contributed by atoms with Gasteiger partial charge in [0.05, 0.1) is 17.5 Å². The summed E-state index contributed by atoms with van der Waals surface area (Å²) in [5, 5.41) is 13.2. The number of H-pyrrole nitrogens is 1. The molecule has 2 unspecified atom stereocenters. The Morgan fingerprint density at radius 1 is 1.05 bits per heavy atom. The Morgan fingerprint density at radius 2 is 1.71 bits per heavy atom. The van der Waals surface area contributed by atoms with Crippen LogP contribution in [0.3, 0.4) is 0 Å². The van der Waals surface area contributed by atoms with E-state index in [1.165, 1.54) is 30.1 Å². The summed E-state index contributed by atoms with van der Waals surface area (Å²) < 4.78 is 93.8. The molecule has 2 amide bonds. The highest BCUT2D eigenvalue weighted by molar-refractivity contribution is 5.82. The third kappa shape index (κ3) is 7.00. The summed E-state index contributed by atoms with van der Waals surface area (Å²) in [6.45, 7) is 1.34. The van der Waals surface area contributed by atoms with E-state index in [4.69, 9.17) is 0 Å². The Morgan fingerprint density at radius 3 is 2.27 bits per heavy atom. The van der Waals surface area contributed by atoms with Gasteiger partial charge in [0.1, 0.15) is 5.82 Å². The zero-order valence-electron chi connectivity index (χ0n) is 21.9. The molecule has 220 valence electrons. The Bertz CT molecular complexity index is 1380. The number of hydrogen-bond acceptors (Lipinski definition) is 5. The van der Waals surface area contributed by atoms with Gasteiger partial charge in [-0.25, -0.2) is 4.39 Å². The molecule has 0 aliphatic carbocycles. The number of carbonyl (C=O) groups excluding carboxylic acids is 2. The molecular formula is C26H25F7N6O2. The lowest BCUT2D eigenvalue weighted by molar-refractivity contribution is -0.143. The van der Waals surface area contributed by atoms with Crippen molar-refractivity contribution >= 4 is 11.8 Å². The maximum Gasteiger partial charge on any atom is 0.416 e. The van der Waals surface area contributed by atoms with Crippen LogP contribution < -0.4 is 0 Å². The molecule has 2 atom stereocenters. The standard InChI is InChI=1S/C26H25F7N6O2/c1-14-7-18(27)3-4-19(14)21-13-39(23(40)11-22-34-36-37-35-22)6-5-20(21)24(41)38(2)12-15-8-16(25(28,29)30)10-17(9-15)26(31,32)33/h3-4,7-10,20-21H,5-6,11-13H2,1-2H3,(H,34,35,36,37). The van der Waals surface area contributed by atoms with Crippen LogP contribution in [0.4, 0.5) is 30.7 Å². The number of nitrogens with zero attached hydrogens (tertiary/aromatic N) is 5. The second-order valence-corrected chi connectivity index (χ2v) is 9.96. The van der Waals surface area contributed by atoms with E-state index in [1.807, 2.05) is 0 Å². The molecule has 1 aliphatic rings. The maximum absolute atomic E-state index is 13.9. The van der Waals surface area contributed by atoms with E-state index in [1.54, 1.807) is 6.92 Å². The highest BCUT2D eigenvalue weighted by Crippen LogP contribution is 2.38. The van der Waals surface area contributed by atoms with Crippen LogP contribution >= 0.6 is 0 Å². The van der Waals surface area contributed by atoms with E-state index in [2.05, 4.69) is 20.6 Å². The molecule has 0 radical (unpaired) electrons. The Kier molecular flexibility index (Phi) is 8.36. The van der Waals surface area contributed by atoms with Crippen molar-refractivity contribution in [3.8, 4) is 0 Å². The Balaban J connectivity index is 1.60. The van der Waals surface area contributed by atoms with Crippen LogP contribution in [0.2, 0.25) is 0 Å². The first-order chi connectivity index (χ1) is 19.1. The number of tetrazole rings is 1. The number of benzene rings is 2. The van der Waals surface area contributed by atoms with E-state index in [-0.39, 0.29) is 49.3 Å². The molecule has 0 spiro atoms. The summed E-state index contributed by atoms with van der Waals surface area (Å²) in [6, 6.07) is 5.20. The van der Waals surface area contributed by atoms with Gasteiger partial charge in [0.2, 0.25) is 11.8 Å². The van der Waals surface area contributed by atoms with E-state index in [9.17, 15) is 40.3 Å². The molecule has 15 heteroatoms. The second kappa shape index (κ2) is 11.4. The van der Waals surface area contributed by atoms with Crippen LogP contribution in [-0.4, -0.2) is 62.4 Å². The van der Waals surface area contributed by atoms with Gasteiger partial charge in [-0.05, 0) is 60.4 Å². The summed E-state index contributed by atoms with van der Waals surface area (Å²) in [7, 11) is 1.29. The molecule has 0 bridgehead atoms. The van der Waals surface area contributed by atoms with Crippen LogP contribution in [0.1, 0.15) is 46.0 Å². The summed E-state index contributed by atoms with van der Waals surface area (Å²) in [5.41, 5.74) is -2.18. The molecule has 0 saturated carbocycles. The van der Waals surface area contributed by atoms with Crippen molar-refractivity contribution in [2.75, 3.05) is 20.1 Å². The number of alkyl halides is 6. The number of hydrogen-bond donors (Lipinski definition) is 1. The third-order valence-corrected chi connectivity index (χ3v) is 7.06. The minimum absolute atomic E-state index is 0.0278. The predicted molar refractivity (Wildman–Crippen MR) is 129 cm³/mol. The molecule has 8 nitrogen and oxygen atoms in total. The van der Waals surface area contributed by atoms with Crippen molar-refractivity contribution in [3.63, 3.8) is 0 Å². The lowest BCUT2D eigenvalue weighted by atomic mass is 9.78. The molecule has 41 heavy (non-hydrogen) atoms. The topological polar surface area (TPSA) is 95.1 Å². The monoisotopic (exact) mass is 586 g/mol. The van der Waals surface area contributed by atoms with Crippen molar-refractivity contribution in [2.45, 2.75) is 44.6 Å². The second-order valence-electron chi connectivity index (χ2n) is 9.96. The predicted octanol–water partition coefficient (Wildman–Crippen LogP) is 4.52. The SMILES string of the molecule is Cc1cc(F)ccc1C1CN(C(=O)Cc2nn[nH]n2)CCC1C(=O)N(C)Cc1cc(C(F)(F)F)cc(C(F)(F)F)c1. The van der Waals surface area contributed by atoms with Crippen LogP contribution in [0.15, 0.2) is 36.4 Å². The first-order valence-corrected chi connectivity index (χ1v) is 12.4. The average molecular weight is 587 g/mol. The van der Waals surface area contributed by atoms with Gasteiger partial charge in [0.25, 0.3) is 0 Å². The quantitative estimate of drug-likeness (QED) is 0.429. The minimum atomic E-state index is -5.02. The number of amides is 2. The number of halogens is 7. The highest BCUT2D eigenvalue weighted by atomic mass is 19.4. The van der Waals surface area contributed by atoms with Gasteiger partial charge >= 0.3 is 12.4 Å². The number of aryl methyl sites for hydroxylation is 1. The van der Waals surface area contributed by atoms with Crippen LogP contribution in [0.25, 0.3) is 0 Å². The lowest BCUT2D eigenvalue weighted by Crippen LogP contribution is -2.48. The van der Waals surface area contributed by atoms with Crippen molar-refractivity contribution < 1.29 is 40.3 Å². The van der Waals surface area contributed by atoms with Crippen molar-refractivity contribution in [3.05, 3.63) is 75.9 Å². The summed E-state index contributed by atoms with van der Waals surface area (Å²) in [5.74, 6) is -2.61. The Hall–Kier alpha value is -4.04. The van der Waals surface area contributed by atoms with Gasteiger partial charge < -0.3 is 9.80 Å². The molecule has 1 aromatic heterocycles. The van der Waals surface area contributed by atoms with Crippen molar-refractivity contribution in [2.24, 2.45) is 5.92 Å². The van der Waals surface area contributed by atoms with Gasteiger partial charge in [-0.1, -0.05) is 11.3 Å². The van der Waals surface area contributed by atoms with E-state index in [0.29, 0.717) is 23.3 Å². The molecule has 1 saturated heterocycles. The molecule has 3 aromatic rings. The van der Waals surface area contributed by atoms with Gasteiger partial charge in [-0.2, -0.15) is 31.6 Å². The van der Waals surface area contributed by atoms with Crippen LogP contribution in [0, 0.1) is 18.7 Å². The highest BCUT2D eigenvalue weighted by Gasteiger charge is 2.40. The molecule has 2 heterocycles. The third-order valence-electron chi connectivity index (χ3n) is 7.06. The fourth-order valence-electron chi connectivity index (χ4n) is 5.09. The van der Waals surface area contributed by atoms with Crippen molar-refractivity contribution in [1.82, 2.24) is 30.4 Å². The number of nitrogens with one attached hydrogen (secondary N) is 1. The number of rotatable bonds is 6. The van der Waals surface area contributed by atoms with Gasteiger partial charge in [0, 0.05) is 38.5 Å². The minimum Gasteiger partial charge on any atom is -0.342 e. The molecule has 1 fully saturated rings. The maximum atomic E-state index is 13.9. The summed E-state index contributed by atoms with van der Waals surface area (Å²) >= 11 is 0. The molecule has 4 rings (SSSR count). The number of piperidine rings is 1. The number of aromatic amines is 1. The summed E-state index contributed by atoms with van der Waals surface area (Å²) in [4.78, 5) is 29.1. The molecule has 1 N–H and O–H groups in total. The first-order valence-electron chi connectivity index (χ1n) is 12.4. The van der Waals surface area contributed by atoms with Gasteiger partial charge in [0.15, 0.2) is 5.82 Å². The van der Waals surface area contributed by atoms with Crippen LogP contribution in [0.5, 0.6) is 0 Å². The molecular weight excluding hydrogens is 561 g/mol. The Labute approximate surface area is 229 Å². The fraction of sp³-hybridized carbons (Fsp3) is 0.423. The number of aromatic nitrogens is 4. The van der Waals surface area contributed by atoms with E-state index in [0.717, 1.165) is 4.90 Å². The smallest absolute Gasteiger partial charge is 0.342 e. The normalized spacial score (nSPS) is 17.9. The zero-order chi connectivity index (χ0) is 30.1. The lowest BCUT2D eigenvalue weighted by Gasteiger charge is -2.40. The molecule has 1 aliphatic heterocycles. The van der Waals surface area contributed by atoms with Gasteiger partial charge in [-0.3, -0.25) is 9.59 Å².